The van der Waals surface area contributed by atoms with Crippen LogP contribution in [0.4, 0.5) is 0 Å². The number of halogens is 1. The summed E-state index contributed by atoms with van der Waals surface area (Å²) in [6, 6.07) is 0. The fourth-order valence-corrected chi connectivity index (χ4v) is 1.01. The summed E-state index contributed by atoms with van der Waals surface area (Å²) in [5, 5.41) is 0. The molecule has 1 unspecified atom stereocenters. The topological polar surface area (TPSA) is 108 Å². The molecule has 7 heteroatoms. The Kier molecular flexibility index (Phi) is 5.24. The molecule has 1 atom stereocenters. The van der Waals surface area contributed by atoms with E-state index in [2.05, 4.69) is 13.8 Å². The normalized spacial score (nSPS) is 26.4. The molecule has 0 aromatic carbocycles. The lowest BCUT2D eigenvalue weighted by molar-refractivity contribution is -1.92. The van der Waals surface area contributed by atoms with Gasteiger partial charge in [0.15, 0.2) is 6.29 Å². The van der Waals surface area contributed by atoms with Crippen LogP contribution < -0.4 is 14.0 Å². The first-order valence-corrected chi connectivity index (χ1v) is 5.29. The van der Waals surface area contributed by atoms with Crippen molar-refractivity contribution in [3.05, 3.63) is 0 Å². The first-order chi connectivity index (χ1) is 6.10. The highest BCUT2D eigenvalue weighted by atomic mass is 35.7. The average molecular weight is 231 g/mol. The molecule has 0 spiro atoms. The molecule has 1 N–H and O–H groups in total. The second-order valence-electron chi connectivity index (χ2n) is 3.46. The molecule has 1 heterocycles. The van der Waals surface area contributed by atoms with Crippen molar-refractivity contribution < 1.29 is 38.4 Å². The Morgan fingerprint density at radius 1 is 1.36 bits per heavy atom. The maximum Gasteiger partial charge on any atom is 0.155 e. The number of rotatable bonds is 0. The summed E-state index contributed by atoms with van der Waals surface area (Å²) in [5.74, 6) is 0. The molecule has 0 aromatic rings. The third-order valence-corrected chi connectivity index (χ3v) is 1.54. The second kappa shape index (κ2) is 5.22. The van der Waals surface area contributed by atoms with Gasteiger partial charge in [0, 0.05) is 0 Å². The van der Waals surface area contributed by atoms with Crippen molar-refractivity contribution in [2.45, 2.75) is 39.1 Å². The molecule has 1 fully saturated rings. The zero-order valence-electron chi connectivity index (χ0n) is 8.36. The maximum absolute atomic E-state index is 8.60. The average Bonchev–Trinajstić information content (AvgIpc) is 1.78. The standard InChI is InChI=1S/C7H14O2.ClHO4/c1-6-8-5-4-7(2,3)9-6;2-1(3,4)5/h6H,4-5H2,1-3H3;(H,2,3,4,5). The summed E-state index contributed by atoms with van der Waals surface area (Å²) in [6.07, 6.45) is 0.978. The SMILES string of the molecule is CC1OCCC(C)(C)O1.[O-][Cl+3]([O-])([O-])O. The monoisotopic (exact) mass is 230 g/mol. The summed E-state index contributed by atoms with van der Waals surface area (Å²) < 4.78 is 43.4. The Labute approximate surface area is 84.8 Å². The van der Waals surface area contributed by atoms with Crippen LogP contribution in [-0.4, -0.2) is 23.2 Å². The second-order valence-corrected chi connectivity index (χ2v) is 4.25. The Morgan fingerprint density at radius 3 is 2.00 bits per heavy atom. The van der Waals surface area contributed by atoms with Crippen molar-refractivity contribution in [3.8, 4) is 0 Å². The fourth-order valence-electron chi connectivity index (χ4n) is 1.01. The van der Waals surface area contributed by atoms with Gasteiger partial charge in [0.05, 0.1) is 27.1 Å². The largest absolute Gasteiger partial charge is 0.353 e. The molecule has 0 amide bonds. The van der Waals surface area contributed by atoms with E-state index in [-0.39, 0.29) is 11.9 Å². The van der Waals surface area contributed by atoms with E-state index in [0.29, 0.717) is 0 Å². The van der Waals surface area contributed by atoms with Gasteiger partial charge in [0.2, 0.25) is 0 Å². The third kappa shape index (κ3) is 10.1. The summed E-state index contributed by atoms with van der Waals surface area (Å²) in [6.45, 7) is 6.94. The molecule has 0 saturated carbocycles. The van der Waals surface area contributed by atoms with Crippen molar-refractivity contribution in [2.75, 3.05) is 6.61 Å². The van der Waals surface area contributed by atoms with Crippen LogP contribution in [0, 0.1) is 10.2 Å². The van der Waals surface area contributed by atoms with Gasteiger partial charge >= 0.3 is 0 Å². The number of hydrogen-bond donors (Lipinski definition) is 1. The maximum atomic E-state index is 8.60. The lowest BCUT2D eigenvalue weighted by atomic mass is 10.1. The van der Waals surface area contributed by atoms with Gasteiger partial charge < -0.3 is 9.47 Å². The Balaban J connectivity index is 0.000000292. The van der Waals surface area contributed by atoms with Crippen LogP contribution in [0.5, 0.6) is 0 Å². The summed E-state index contributed by atoms with van der Waals surface area (Å²) in [4.78, 5) is 0. The Morgan fingerprint density at radius 2 is 1.79 bits per heavy atom. The number of hydrogen-bond acceptors (Lipinski definition) is 6. The molecule has 1 saturated heterocycles. The fraction of sp³-hybridized carbons (Fsp3) is 1.00. The van der Waals surface area contributed by atoms with Gasteiger partial charge in [-0.2, -0.15) is 14.0 Å². The van der Waals surface area contributed by atoms with Gasteiger partial charge in [0.1, 0.15) is 0 Å². The van der Waals surface area contributed by atoms with Crippen LogP contribution in [0.3, 0.4) is 0 Å². The van der Waals surface area contributed by atoms with Gasteiger partial charge in [0.25, 0.3) is 0 Å². The van der Waals surface area contributed by atoms with E-state index in [1.165, 1.54) is 0 Å². The molecule has 1 rings (SSSR count). The predicted molar refractivity (Wildman–Crippen MR) is 37.4 cm³/mol. The first kappa shape index (κ1) is 14.1. The highest BCUT2D eigenvalue weighted by molar-refractivity contribution is 4.71. The summed E-state index contributed by atoms with van der Waals surface area (Å²) in [7, 11) is -4.69. The van der Waals surface area contributed by atoms with Gasteiger partial charge in [-0.3, -0.25) is 0 Å². The minimum Gasteiger partial charge on any atom is -0.353 e. The van der Waals surface area contributed by atoms with E-state index in [9.17, 15) is 0 Å². The zero-order chi connectivity index (χ0) is 11.4. The minimum atomic E-state index is -4.69. The van der Waals surface area contributed by atoms with Gasteiger partial charge in [-0.1, -0.05) is 0 Å². The van der Waals surface area contributed by atoms with Crippen molar-refractivity contribution in [1.29, 1.82) is 0 Å². The van der Waals surface area contributed by atoms with E-state index < -0.39 is 10.2 Å². The molecule has 6 nitrogen and oxygen atoms in total. The molecule has 0 radical (unpaired) electrons. The molecule has 0 bridgehead atoms. The lowest BCUT2D eigenvalue weighted by Gasteiger charge is -2.34. The Hall–Kier alpha value is 0.0500. The van der Waals surface area contributed by atoms with Crippen LogP contribution >= 0.6 is 0 Å². The van der Waals surface area contributed by atoms with E-state index in [0.717, 1.165) is 13.0 Å². The van der Waals surface area contributed by atoms with E-state index in [1.54, 1.807) is 0 Å². The Bertz CT molecular complexity index is 160. The molecular weight excluding hydrogens is 216 g/mol. The highest BCUT2D eigenvalue weighted by Gasteiger charge is 2.26. The van der Waals surface area contributed by atoms with Gasteiger partial charge in [-0.25, -0.2) is 0 Å². The van der Waals surface area contributed by atoms with Crippen LogP contribution in [0.1, 0.15) is 27.2 Å². The molecule has 14 heavy (non-hydrogen) atoms. The van der Waals surface area contributed by atoms with E-state index in [1.807, 2.05) is 6.92 Å². The molecule has 0 aromatic heterocycles. The van der Waals surface area contributed by atoms with Crippen LogP contribution in [0.15, 0.2) is 0 Å². The molecule has 1 aliphatic rings. The van der Waals surface area contributed by atoms with Crippen LogP contribution in [0.25, 0.3) is 0 Å². The third-order valence-electron chi connectivity index (χ3n) is 1.54. The van der Waals surface area contributed by atoms with Crippen molar-refractivity contribution >= 4 is 0 Å². The van der Waals surface area contributed by atoms with Crippen LogP contribution in [0.2, 0.25) is 0 Å². The van der Waals surface area contributed by atoms with Crippen LogP contribution in [-0.2, 0) is 9.47 Å². The molecule has 86 valence electrons. The van der Waals surface area contributed by atoms with Gasteiger partial charge in [-0.15, -0.1) is 0 Å². The molecular formula is C7H15ClO6. The summed E-state index contributed by atoms with van der Waals surface area (Å²) >= 11 is 0. The molecule has 1 aliphatic heterocycles. The summed E-state index contributed by atoms with van der Waals surface area (Å²) in [5.41, 5.74) is 0.0255. The van der Waals surface area contributed by atoms with Gasteiger partial charge in [-0.05, 0) is 27.2 Å². The lowest BCUT2D eigenvalue weighted by Crippen LogP contribution is -2.58. The van der Waals surface area contributed by atoms with Crippen molar-refractivity contribution in [1.82, 2.24) is 0 Å². The predicted octanol–water partition coefficient (Wildman–Crippen LogP) is -2.58. The van der Waals surface area contributed by atoms with E-state index in [4.69, 9.17) is 28.1 Å². The van der Waals surface area contributed by atoms with E-state index >= 15 is 0 Å². The van der Waals surface area contributed by atoms with Crippen molar-refractivity contribution in [3.63, 3.8) is 0 Å². The smallest absolute Gasteiger partial charge is 0.155 e. The quantitative estimate of drug-likeness (QED) is 0.490. The highest BCUT2D eigenvalue weighted by Crippen LogP contribution is 2.21. The number of ether oxygens (including phenoxy) is 2. The minimum absolute atomic E-state index is 0.0197. The van der Waals surface area contributed by atoms with Crippen molar-refractivity contribution in [2.24, 2.45) is 0 Å². The zero-order valence-corrected chi connectivity index (χ0v) is 9.11. The molecule has 0 aliphatic carbocycles. The first-order valence-electron chi connectivity index (χ1n) is 4.03.